The fourth-order valence-electron chi connectivity index (χ4n) is 2.74. The fraction of sp³-hybridized carbons (Fsp3) is 0.267. The van der Waals surface area contributed by atoms with Crippen LogP contribution in [0.2, 0.25) is 0 Å². The van der Waals surface area contributed by atoms with E-state index in [0.717, 1.165) is 17.8 Å². The highest BCUT2D eigenvalue weighted by Crippen LogP contribution is 2.17. The lowest BCUT2D eigenvalue weighted by Gasteiger charge is -2.23. The molecule has 3 heterocycles. The van der Waals surface area contributed by atoms with Crippen LogP contribution in [0.4, 0.5) is 5.95 Å². The maximum absolute atomic E-state index is 11.5. The second-order valence-corrected chi connectivity index (χ2v) is 5.43. The summed E-state index contributed by atoms with van der Waals surface area (Å²) in [6.45, 7) is 0.638. The Kier molecular flexibility index (Phi) is 3.34. The molecule has 1 unspecified atom stereocenters. The lowest BCUT2D eigenvalue weighted by atomic mass is 10.1. The molecule has 0 spiro atoms. The van der Waals surface area contributed by atoms with E-state index in [1.54, 1.807) is 4.57 Å². The Morgan fingerprint density at radius 3 is 2.96 bits per heavy atom. The van der Waals surface area contributed by atoms with Gasteiger partial charge in [-0.15, -0.1) is 0 Å². The summed E-state index contributed by atoms with van der Waals surface area (Å²) in [5.41, 5.74) is 0.799. The van der Waals surface area contributed by atoms with Crippen molar-refractivity contribution in [1.29, 1.82) is 0 Å². The van der Waals surface area contributed by atoms with Crippen LogP contribution < -0.4 is 11.0 Å². The quantitative estimate of drug-likeness (QED) is 0.744. The Labute approximate surface area is 131 Å². The monoisotopic (exact) mass is 309 g/mol. The van der Waals surface area contributed by atoms with Crippen molar-refractivity contribution < 1.29 is 0 Å². The van der Waals surface area contributed by atoms with Gasteiger partial charge in [0.05, 0.1) is 0 Å². The third-order valence-electron chi connectivity index (χ3n) is 3.90. The minimum atomic E-state index is -0.148. The second kappa shape index (κ2) is 5.64. The van der Waals surface area contributed by atoms with Crippen LogP contribution in [0.25, 0.3) is 11.4 Å². The first kappa shape index (κ1) is 13.6. The van der Waals surface area contributed by atoms with Crippen molar-refractivity contribution in [3.05, 3.63) is 53.0 Å². The summed E-state index contributed by atoms with van der Waals surface area (Å²) < 4.78 is 1.67. The van der Waals surface area contributed by atoms with E-state index in [2.05, 4.69) is 30.5 Å². The molecule has 0 saturated heterocycles. The summed E-state index contributed by atoms with van der Waals surface area (Å²) in [5, 5.41) is 9.84. The minimum absolute atomic E-state index is 0.142. The lowest BCUT2D eigenvalue weighted by Crippen LogP contribution is -2.34. The predicted octanol–water partition coefficient (Wildman–Crippen LogP) is 0.850. The second-order valence-electron chi connectivity index (χ2n) is 5.43. The zero-order valence-electron chi connectivity index (χ0n) is 12.3. The first-order valence-corrected chi connectivity index (χ1v) is 7.45. The van der Waals surface area contributed by atoms with Gasteiger partial charge in [-0.1, -0.05) is 30.3 Å². The predicted molar refractivity (Wildman–Crippen MR) is 83.8 cm³/mol. The maximum atomic E-state index is 11.5. The number of hydrogen-bond donors (Lipinski definition) is 2. The van der Waals surface area contributed by atoms with Gasteiger partial charge in [0.1, 0.15) is 12.2 Å². The zero-order valence-corrected chi connectivity index (χ0v) is 12.3. The molecule has 116 valence electrons. The molecule has 1 atom stereocenters. The lowest BCUT2D eigenvalue weighted by molar-refractivity contribution is 0.474. The summed E-state index contributed by atoms with van der Waals surface area (Å²) in [7, 11) is 0. The molecule has 1 aliphatic rings. The smallest absolute Gasteiger partial charge is 0.343 e. The molecule has 2 aromatic heterocycles. The fourth-order valence-corrected chi connectivity index (χ4v) is 2.74. The Bertz CT molecular complexity index is 871. The van der Waals surface area contributed by atoms with E-state index in [1.807, 2.05) is 30.3 Å². The summed E-state index contributed by atoms with van der Waals surface area (Å²) >= 11 is 0. The van der Waals surface area contributed by atoms with Crippen molar-refractivity contribution in [2.45, 2.75) is 25.4 Å². The highest BCUT2D eigenvalue weighted by molar-refractivity contribution is 5.55. The SMILES string of the molecule is O=c1[nH]nc2n1CCC(Nc1ncnc(-c3ccccc3)n1)C2. The van der Waals surface area contributed by atoms with Crippen molar-refractivity contribution in [2.75, 3.05) is 5.32 Å². The molecule has 0 fully saturated rings. The van der Waals surface area contributed by atoms with E-state index < -0.39 is 0 Å². The number of fused-ring (bicyclic) bond motifs is 1. The molecule has 0 saturated carbocycles. The molecule has 1 aromatic carbocycles. The van der Waals surface area contributed by atoms with Gasteiger partial charge in [-0.25, -0.2) is 19.9 Å². The molecule has 3 aromatic rings. The molecular weight excluding hydrogens is 294 g/mol. The van der Waals surface area contributed by atoms with Crippen LogP contribution in [0.15, 0.2) is 41.5 Å². The van der Waals surface area contributed by atoms with Crippen LogP contribution in [0.5, 0.6) is 0 Å². The molecule has 0 bridgehead atoms. The van der Waals surface area contributed by atoms with E-state index in [9.17, 15) is 4.79 Å². The number of rotatable bonds is 3. The van der Waals surface area contributed by atoms with Gasteiger partial charge < -0.3 is 5.32 Å². The Morgan fingerprint density at radius 1 is 1.22 bits per heavy atom. The van der Waals surface area contributed by atoms with E-state index >= 15 is 0 Å². The van der Waals surface area contributed by atoms with Crippen molar-refractivity contribution in [3.8, 4) is 11.4 Å². The van der Waals surface area contributed by atoms with E-state index in [1.165, 1.54) is 6.33 Å². The van der Waals surface area contributed by atoms with Crippen LogP contribution >= 0.6 is 0 Å². The zero-order chi connectivity index (χ0) is 15.6. The highest BCUT2D eigenvalue weighted by atomic mass is 16.1. The van der Waals surface area contributed by atoms with Crippen LogP contribution in [0.3, 0.4) is 0 Å². The number of aromatic amines is 1. The van der Waals surface area contributed by atoms with Crippen molar-refractivity contribution in [2.24, 2.45) is 0 Å². The molecule has 8 nitrogen and oxygen atoms in total. The number of benzene rings is 1. The maximum Gasteiger partial charge on any atom is 0.343 e. The topological polar surface area (TPSA) is 101 Å². The van der Waals surface area contributed by atoms with Gasteiger partial charge in [0.25, 0.3) is 0 Å². The van der Waals surface area contributed by atoms with Crippen molar-refractivity contribution in [3.63, 3.8) is 0 Å². The number of nitrogens with one attached hydrogen (secondary N) is 2. The summed E-state index contributed by atoms with van der Waals surface area (Å²) in [6, 6.07) is 9.91. The standard InChI is InChI=1S/C15H15N7O/c23-15-21-20-12-8-11(6-7-22(12)15)18-14-17-9-16-13(19-14)10-4-2-1-3-5-10/h1-5,9,11H,6-8H2,(H,21,23)(H,16,17,18,19). The van der Waals surface area contributed by atoms with Crippen LogP contribution in [0.1, 0.15) is 12.2 Å². The number of anilines is 1. The Morgan fingerprint density at radius 2 is 2.09 bits per heavy atom. The van der Waals surface area contributed by atoms with Gasteiger partial charge in [0.15, 0.2) is 5.82 Å². The summed E-state index contributed by atoms with van der Waals surface area (Å²) in [5.74, 6) is 1.93. The normalized spacial score (nSPS) is 16.8. The third-order valence-corrected chi connectivity index (χ3v) is 3.90. The van der Waals surface area contributed by atoms with Gasteiger partial charge in [-0.3, -0.25) is 4.57 Å². The summed E-state index contributed by atoms with van der Waals surface area (Å²) in [4.78, 5) is 24.4. The first-order valence-electron chi connectivity index (χ1n) is 7.45. The van der Waals surface area contributed by atoms with Crippen LogP contribution in [0, 0.1) is 0 Å². The molecule has 1 aliphatic heterocycles. The number of hydrogen-bond acceptors (Lipinski definition) is 6. The van der Waals surface area contributed by atoms with Gasteiger partial charge in [0, 0.05) is 24.6 Å². The number of H-pyrrole nitrogens is 1. The van der Waals surface area contributed by atoms with E-state index in [-0.39, 0.29) is 11.7 Å². The molecule has 8 heteroatoms. The summed E-state index contributed by atoms with van der Waals surface area (Å²) in [6.07, 6.45) is 2.98. The largest absolute Gasteiger partial charge is 0.351 e. The average Bonchev–Trinajstić information content (AvgIpc) is 2.97. The van der Waals surface area contributed by atoms with Crippen LogP contribution in [-0.2, 0) is 13.0 Å². The van der Waals surface area contributed by atoms with E-state index in [4.69, 9.17) is 0 Å². The minimum Gasteiger partial charge on any atom is -0.351 e. The van der Waals surface area contributed by atoms with Crippen molar-refractivity contribution >= 4 is 5.95 Å². The van der Waals surface area contributed by atoms with E-state index in [0.29, 0.717) is 24.7 Å². The molecule has 4 rings (SSSR count). The van der Waals surface area contributed by atoms with Gasteiger partial charge in [0.2, 0.25) is 5.95 Å². The van der Waals surface area contributed by atoms with Crippen molar-refractivity contribution in [1.82, 2.24) is 29.7 Å². The number of nitrogens with zero attached hydrogens (tertiary/aromatic N) is 5. The average molecular weight is 309 g/mol. The molecule has 0 amide bonds. The Balaban J connectivity index is 1.53. The molecule has 0 radical (unpaired) electrons. The molecule has 2 N–H and O–H groups in total. The molecule has 23 heavy (non-hydrogen) atoms. The van der Waals surface area contributed by atoms with Gasteiger partial charge in [-0.2, -0.15) is 10.1 Å². The third kappa shape index (κ3) is 2.70. The molecule has 0 aliphatic carbocycles. The highest BCUT2D eigenvalue weighted by Gasteiger charge is 2.22. The van der Waals surface area contributed by atoms with Gasteiger partial charge >= 0.3 is 5.69 Å². The van der Waals surface area contributed by atoms with Crippen LogP contribution in [-0.4, -0.2) is 35.8 Å². The Hall–Kier alpha value is -3.03. The van der Waals surface area contributed by atoms with Gasteiger partial charge in [-0.05, 0) is 6.42 Å². The molecular formula is C15H15N7O. The number of aromatic nitrogens is 6. The first-order chi connectivity index (χ1) is 11.3.